The molecule has 0 spiro atoms. The van der Waals surface area contributed by atoms with E-state index in [1.54, 1.807) is 6.92 Å². The van der Waals surface area contributed by atoms with E-state index in [0.717, 1.165) is 0 Å². The van der Waals surface area contributed by atoms with Crippen molar-refractivity contribution in [2.45, 2.75) is 32.5 Å². The fraction of sp³-hybridized carbons (Fsp3) is 0.857. The first-order valence-electron chi connectivity index (χ1n) is 3.42. The standard InChI is InChI=1S/C7H12O3/c1-4-9-6(8)5-7(2,3)10-5/h5H,4H2,1-3H3/t5-/m1/s1. The molecule has 3 heteroatoms. The molecule has 1 rings (SSSR count). The van der Waals surface area contributed by atoms with Gasteiger partial charge in [0.25, 0.3) is 0 Å². The van der Waals surface area contributed by atoms with Gasteiger partial charge < -0.3 is 9.47 Å². The molecule has 1 fully saturated rings. The molecule has 0 aromatic carbocycles. The minimum absolute atomic E-state index is 0.243. The third kappa shape index (κ3) is 1.29. The van der Waals surface area contributed by atoms with Crippen LogP contribution in [-0.2, 0) is 14.3 Å². The summed E-state index contributed by atoms with van der Waals surface area (Å²) in [7, 11) is 0. The molecule has 58 valence electrons. The molecule has 1 saturated heterocycles. The van der Waals surface area contributed by atoms with Crippen molar-refractivity contribution in [1.82, 2.24) is 0 Å². The van der Waals surface area contributed by atoms with Gasteiger partial charge in [-0.25, -0.2) is 4.79 Å². The third-order valence-electron chi connectivity index (χ3n) is 1.50. The summed E-state index contributed by atoms with van der Waals surface area (Å²) >= 11 is 0. The monoisotopic (exact) mass is 144 g/mol. The van der Waals surface area contributed by atoms with Crippen LogP contribution in [0.2, 0.25) is 0 Å². The lowest BCUT2D eigenvalue weighted by Gasteiger charge is -1.97. The van der Waals surface area contributed by atoms with E-state index in [1.807, 2.05) is 13.8 Å². The van der Waals surface area contributed by atoms with Gasteiger partial charge in [-0.3, -0.25) is 0 Å². The number of rotatable bonds is 2. The Labute approximate surface area is 60.3 Å². The van der Waals surface area contributed by atoms with Gasteiger partial charge in [-0.05, 0) is 20.8 Å². The van der Waals surface area contributed by atoms with E-state index >= 15 is 0 Å². The molecule has 0 amide bonds. The number of hydrogen-bond acceptors (Lipinski definition) is 3. The molecule has 3 nitrogen and oxygen atoms in total. The quantitative estimate of drug-likeness (QED) is 0.423. The summed E-state index contributed by atoms with van der Waals surface area (Å²) in [5, 5.41) is 0. The van der Waals surface area contributed by atoms with Gasteiger partial charge in [0.2, 0.25) is 0 Å². The summed E-state index contributed by atoms with van der Waals surface area (Å²) in [6, 6.07) is 0. The molecule has 0 aromatic rings. The molecule has 0 bridgehead atoms. The first-order chi connectivity index (χ1) is 4.58. The zero-order valence-corrected chi connectivity index (χ0v) is 6.51. The maximum atomic E-state index is 10.9. The van der Waals surface area contributed by atoms with Crippen LogP contribution in [0.4, 0.5) is 0 Å². The number of ether oxygens (including phenoxy) is 2. The van der Waals surface area contributed by atoms with Gasteiger partial charge in [-0.15, -0.1) is 0 Å². The van der Waals surface area contributed by atoms with Crippen molar-refractivity contribution < 1.29 is 14.3 Å². The number of epoxide rings is 1. The summed E-state index contributed by atoms with van der Waals surface area (Å²) in [5.74, 6) is -0.243. The van der Waals surface area contributed by atoms with Crippen molar-refractivity contribution in [3.63, 3.8) is 0 Å². The Morgan fingerprint density at radius 2 is 2.20 bits per heavy atom. The molecule has 0 aliphatic carbocycles. The first-order valence-corrected chi connectivity index (χ1v) is 3.42. The minimum atomic E-state index is -0.326. The average molecular weight is 144 g/mol. The lowest BCUT2D eigenvalue weighted by atomic mass is 10.1. The van der Waals surface area contributed by atoms with Gasteiger partial charge in [0.1, 0.15) is 5.60 Å². The summed E-state index contributed by atoms with van der Waals surface area (Å²) in [6.07, 6.45) is -0.326. The second-order valence-corrected chi connectivity index (χ2v) is 2.85. The van der Waals surface area contributed by atoms with Gasteiger partial charge in [0, 0.05) is 0 Å². The minimum Gasteiger partial charge on any atom is -0.464 e. The lowest BCUT2D eigenvalue weighted by Crippen LogP contribution is -2.17. The molecule has 1 aliphatic rings. The zero-order chi connectivity index (χ0) is 7.78. The van der Waals surface area contributed by atoms with Gasteiger partial charge >= 0.3 is 5.97 Å². The zero-order valence-electron chi connectivity index (χ0n) is 6.51. The maximum absolute atomic E-state index is 10.9. The predicted molar refractivity (Wildman–Crippen MR) is 35.6 cm³/mol. The van der Waals surface area contributed by atoms with Crippen LogP contribution in [0.15, 0.2) is 0 Å². The van der Waals surface area contributed by atoms with E-state index in [2.05, 4.69) is 0 Å². The van der Waals surface area contributed by atoms with E-state index in [0.29, 0.717) is 6.61 Å². The van der Waals surface area contributed by atoms with Gasteiger partial charge in [-0.2, -0.15) is 0 Å². The highest BCUT2D eigenvalue weighted by Gasteiger charge is 2.54. The molecule has 0 aromatic heterocycles. The normalized spacial score (nSPS) is 27.7. The second-order valence-electron chi connectivity index (χ2n) is 2.85. The van der Waals surface area contributed by atoms with Gasteiger partial charge in [-0.1, -0.05) is 0 Å². The van der Waals surface area contributed by atoms with E-state index in [-0.39, 0.29) is 17.7 Å². The van der Waals surface area contributed by atoms with Crippen LogP contribution in [0.1, 0.15) is 20.8 Å². The van der Waals surface area contributed by atoms with Crippen LogP contribution in [0.25, 0.3) is 0 Å². The Bertz CT molecular complexity index is 151. The smallest absolute Gasteiger partial charge is 0.338 e. The van der Waals surface area contributed by atoms with Crippen LogP contribution < -0.4 is 0 Å². The highest BCUT2D eigenvalue weighted by atomic mass is 16.7. The number of esters is 1. The van der Waals surface area contributed by atoms with Crippen molar-refractivity contribution in [2.75, 3.05) is 6.61 Å². The molecule has 10 heavy (non-hydrogen) atoms. The van der Waals surface area contributed by atoms with Crippen molar-refractivity contribution in [3.05, 3.63) is 0 Å². The molecular weight excluding hydrogens is 132 g/mol. The second kappa shape index (κ2) is 2.23. The summed E-state index contributed by atoms with van der Waals surface area (Å²) in [6.45, 7) is 5.95. The highest BCUT2D eigenvalue weighted by Crippen LogP contribution is 2.35. The summed E-state index contributed by atoms with van der Waals surface area (Å²) in [5.41, 5.74) is -0.285. The molecule has 1 atom stereocenters. The molecule has 0 unspecified atom stereocenters. The Morgan fingerprint density at radius 1 is 1.70 bits per heavy atom. The van der Waals surface area contributed by atoms with E-state index in [9.17, 15) is 4.79 Å². The van der Waals surface area contributed by atoms with E-state index in [4.69, 9.17) is 9.47 Å². The van der Waals surface area contributed by atoms with Crippen LogP contribution in [0.3, 0.4) is 0 Å². The van der Waals surface area contributed by atoms with E-state index in [1.165, 1.54) is 0 Å². The number of hydrogen-bond donors (Lipinski definition) is 0. The molecule has 0 radical (unpaired) electrons. The van der Waals surface area contributed by atoms with Gasteiger partial charge in [0.15, 0.2) is 6.10 Å². The highest BCUT2D eigenvalue weighted by molar-refractivity contribution is 5.79. The molecule has 0 saturated carbocycles. The largest absolute Gasteiger partial charge is 0.464 e. The van der Waals surface area contributed by atoms with Crippen molar-refractivity contribution in [3.8, 4) is 0 Å². The summed E-state index contributed by atoms with van der Waals surface area (Å²) < 4.78 is 9.78. The van der Waals surface area contributed by atoms with Gasteiger partial charge in [0.05, 0.1) is 6.61 Å². The molecule has 1 heterocycles. The first kappa shape index (κ1) is 7.54. The van der Waals surface area contributed by atoms with Crippen molar-refractivity contribution >= 4 is 5.97 Å². The number of carbonyl (C=O) groups excluding carboxylic acids is 1. The van der Waals surface area contributed by atoms with Crippen LogP contribution in [0, 0.1) is 0 Å². The fourth-order valence-corrected chi connectivity index (χ4v) is 0.820. The van der Waals surface area contributed by atoms with E-state index < -0.39 is 0 Å². The van der Waals surface area contributed by atoms with Crippen molar-refractivity contribution in [1.29, 1.82) is 0 Å². The van der Waals surface area contributed by atoms with Crippen molar-refractivity contribution in [2.24, 2.45) is 0 Å². The molecular formula is C7H12O3. The lowest BCUT2D eigenvalue weighted by molar-refractivity contribution is -0.144. The SMILES string of the molecule is CCOC(=O)[C@H]1OC1(C)C. The molecule has 0 N–H and O–H groups in total. The Hall–Kier alpha value is -0.570. The predicted octanol–water partition coefficient (Wildman–Crippen LogP) is 0.727. The fourth-order valence-electron chi connectivity index (χ4n) is 0.820. The van der Waals surface area contributed by atoms with Crippen LogP contribution >= 0.6 is 0 Å². The Morgan fingerprint density at radius 3 is 2.50 bits per heavy atom. The third-order valence-corrected chi connectivity index (χ3v) is 1.50. The average Bonchev–Trinajstić information content (AvgIpc) is 2.41. The Balaban J connectivity index is 2.33. The summed E-state index contributed by atoms with van der Waals surface area (Å²) in [4.78, 5) is 10.9. The number of carbonyl (C=O) groups is 1. The maximum Gasteiger partial charge on any atom is 0.338 e. The molecule has 1 aliphatic heterocycles. The topological polar surface area (TPSA) is 38.8 Å². The van der Waals surface area contributed by atoms with Crippen LogP contribution in [-0.4, -0.2) is 24.3 Å². The Kier molecular flexibility index (Phi) is 1.68. The van der Waals surface area contributed by atoms with Crippen LogP contribution in [0.5, 0.6) is 0 Å².